The molecule has 2 aromatic rings. The van der Waals surface area contributed by atoms with Crippen LogP contribution < -0.4 is 5.32 Å². The molecule has 0 bridgehead atoms. The highest BCUT2D eigenvalue weighted by molar-refractivity contribution is 5.89. The molecule has 0 spiro atoms. The third kappa shape index (κ3) is 4.05. The van der Waals surface area contributed by atoms with Gasteiger partial charge in [-0.25, -0.2) is 14.8 Å². The van der Waals surface area contributed by atoms with E-state index in [9.17, 15) is 4.79 Å². The normalized spacial score (nSPS) is 10.1. The van der Waals surface area contributed by atoms with Gasteiger partial charge in [0.2, 0.25) is 0 Å². The van der Waals surface area contributed by atoms with Crippen molar-refractivity contribution in [1.29, 1.82) is 0 Å². The first kappa shape index (κ1) is 14.0. The fourth-order valence-electron chi connectivity index (χ4n) is 1.63. The van der Waals surface area contributed by atoms with Crippen LogP contribution in [0.3, 0.4) is 0 Å². The van der Waals surface area contributed by atoms with Crippen molar-refractivity contribution >= 4 is 11.7 Å². The van der Waals surface area contributed by atoms with Gasteiger partial charge in [0.15, 0.2) is 0 Å². The number of nitrogens with one attached hydrogen (secondary N) is 1. The molecule has 0 atom stereocenters. The number of aromatic nitrogens is 2. The van der Waals surface area contributed by atoms with E-state index < -0.39 is 0 Å². The van der Waals surface area contributed by atoms with Gasteiger partial charge in [-0.2, -0.15) is 0 Å². The summed E-state index contributed by atoms with van der Waals surface area (Å²) in [4.78, 5) is 19.5. The van der Waals surface area contributed by atoms with Crippen LogP contribution in [0, 0.1) is 0 Å². The summed E-state index contributed by atoms with van der Waals surface area (Å²) in [6, 6.07) is 7.21. The van der Waals surface area contributed by atoms with E-state index in [2.05, 4.69) is 15.3 Å². The summed E-state index contributed by atoms with van der Waals surface area (Å²) in [5.74, 6) is -0.283. The van der Waals surface area contributed by atoms with Crippen molar-refractivity contribution in [3.05, 3.63) is 54.1 Å². The third-order valence-corrected chi connectivity index (χ3v) is 2.67. The van der Waals surface area contributed by atoms with Crippen LogP contribution in [0.4, 0.5) is 5.69 Å². The Bertz CT molecular complexity index is 541. The smallest absolute Gasteiger partial charge is 0.338 e. The van der Waals surface area contributed by atoms with Crippen LogP contribution in [0.2, 0.25) is 0 Å². The molecular formula is C15H17N3O2. The average Bonchev–Trinajstić information content (AvgIpc) is 2.52. The summed E-state index contributed by atoms with van der Waals surface area (Å²) in [6.45, 7) is 3.06. The van der Waals surface area contributed by atoms with Crippen molar-refractivity contribution in [2.24, 2.45) is 0 Å². The minimum Gasteiger partial charge on any atom is -0.462 e. The predicted octanol–water partition coefficient (Wildman–Crippen LogP) is 2.66. The van der Waals surface area contributed by atoms with Gasteiger partial charge in [0.25, 0.3) is 0 Å². The number of hydrogen-bond donors (Lipinski definition) is 1. The van der Waals surface area contributed by atoms with Crippen molar-refractivity contribution in [2.45, 2.75) is 19.9 Å². The molecule has 0 fully saturated rings. The fraction of sp³-hybridized carbons (Fsp3) is 0.267. The number of rotatable bonds is 6. The van der Waals surface area contributed by atoms with E-state index in [0.717, 1.165) is 17.7 Å². The lowest BCUT2D eigenvalue weighted by atomic mass is 10.2. The number of esters is 1. The first-order chi connectivity index (χ1) is 9.79. The molecule has 104 valence electrons. The number of anilines is 1. The molecular weight excluding hydrogens is 254 g/mol. The number of benzene rings is 1. The minimum atomic E-state index is -0.283. The second kappa shape index (κ2) is 7.23. The van der Waals surface area contributed by atoms with Gasteiger partial charge in [-0.05, 0) is 30.7 Å². The van der Waals surface area contributed by atoms with Crippen molar-refractivity contribution in [3.63, 3.8) is 0 Å². The van der Waals surface area contributed by atoms with Gasteiger partial charge in [-0.1, -0.05) is 6.92 Å². The summed E-state index contributed by atoms with van der Waals surface area (Å²) in [5, 5.41) is 3.24. The first-order valence-electron chi connectivity index (χ1n) is 6.54. The van der Waals surface area contributed by atoms with E-state index in [-0.39, 0.29) is 5.97 Å². The van der Waals surface area contributed by atoms with Gasteiger partial charge < -0.3 is 10.1 Å². The molecule has 1 aromatic carbocycles. The van der Waals surface area contributed by atoms with Crippen LogP contribution in [-0.4, -0.2) is 22.5 Å². The molecule has 0 aliphatic carbocycles. The quantitative estimate of drug-likeness (QED) is 0.818. The lowest BCUT2D eigenvalue weighted by Gasteiger charge is -2.07. The Morgan fingerprint density at radius 1 is 1.20 bits per heavy atom. The zero-order valence-corrected chi connectivity index (χ0v) is 11.4. The van der Waals surface area contributed by atoms with Crippen LogP contribution in [0.25, 0.3) is 0 Å². The van der Waals surface area contributed by atoms with Crippen molar-refractivity contribution < 1.29 is 9.53 Å². The molecule has 1 aromatic heterocycles. The Balaban J connectivity index is 1.90. The summed E-state index contributed by atoms with van der Waals surface area (Å²) >= 11 is 0. The minimum absolute atomic E-state index is 0.283. The van der Waals surface area contributed by atoms with Gasteiger partial charge in [-0.15, -0.1) is 0 Å². The van der Waals surface area contributed by atoms with Crippen molar-refractivity contribution in [2.75, 3.05) is 11.9 Å². The van der Waals surface area contributed by atoms with E-state index >= 15 is 0 Å². The number of hydrogen-bond acceptors (Lipinski definition) is 5. The lowest BCUT2D eigenvalue weighted by molar-refractivity contribution is 0.0505. The maximum atomic E-state index is 11.6. The molecule has 0 radical (unpaired) electrons. The van der Waals surface area contributed by atoms with E-state index in [1.807, 2.05) is 19.1 Å². The number of carbonyl (C=O) groups excluding carboxylic acids is 1. The summed E-state index contributed by atoms with van der Waals surface area (Å²) in [5.41, 5.74) is 2.49. The first-order valence-corrected chi connectivity index (χ1v) is 6.54. The number of carbonyl (C=O) groups is 1. The van der Waals surface area contributed by atoms with Crippen LogP contribution in [0.1, 0.15) is 29.3 Å². The topological polar surface area (TPSA) is 64.1 Å². The van der Waals surface area contributed by atoms with Crippen LogP contribution in [0.15, 0.2) is 43.0 Å². The Labute approximate surface area is 118 Å². The summed E-state index contributed by atoms with van der Waals surface area (Å²) in [6.07, 6.45) is 5.84. The van der Waals surface area contributed by atoms with Crippen molar-refractivity contribution in [3.8, 4) is 0 Å². The van der Waals surface area contributed by atoms with Crippen LogP contribution in [-0.2, 0) is 11.3 Å². The fourth-order valence-corrected chi connectivity index (χ4v) is 1.63. The molecule has 2 rings (SSSR count). The summed E-state index contributed by atoms with van der Waals surface area (Å²) < 4.78 is 5.07. The van der Waals surface area contributed by atoms with Gasteiger partial charge in [0.05, 0.1) is 12.2 Å². The molecule has 1 heterocycles. The van der Waals surface area contributed by atoms with Gasteiger partial charge in [-0.3, -0.25) is 0 Å². The second-order valence-electron chi connectivity index (χ2n) is 4.31. The maximum absolute atomic E-state index is 11.6. The second-order valence-corrected chi connectivity index (χ2v) is 4.31. The van der Waals surface area contributed by atoms with E-state index in [0.29, 0.717) is 18.7 Å². The molecule has 20 heavy (non-hydrogen) atoms. The Morgan fingerprint density at radius 3 is 2.55 bits per heavy atom. The molecule has 0 aliphatic rings. The molecule has 1 N–H and O–H groups in total. The Kier molecular flexibility index (Phi) is 5.06. The molecule has 5 heteroatoms. The molecule has 0 saturated heterocycles. The molecule has 0 saturated carbocycles. The Hall–Kier alpha value is -2.43. The zero-order chi connectivity index (χ0) is 14.2. The highest BCUT2D eigenvalue weighted by Crippen LogP contribution is 2.11. The standard InChI is InChI=1S/C15H17N3O2/c1-2-7-20-15(19)13-3-5-14(6-4-13)18-10-12-8-16-11-17-9-12/h3-6,8-9,11,18H,2,7,10H2,1H3. The predicted molar refractivity (Wildman–Crippen MR) is 76.4 cm³/mol. The van der Waals surface area contributed by atoms with Crippen molar-refractivity contribution in [1.82, 2.24) is 9.97 Å². The van der Waals surface area contributed by atoms with Gasteiger partial charge >= 0.3 is 5.97 Å². The Morgan fingerprint density at radius 2 is 1.90 bits per heavy atom. The van der Waals surface area contributed by atoms with E-state index in [4.69, 9.17) is 4.74 Å². The maximum Gasteiger partial charge on any atom is 0.338 e. The zero-order valence-electron chi connectivity index (χ0n) is 11.4. The largest absolute Gasteiger partial charge is 0.462 e. The van der Waals surface area contributed by atoms with E-state index in [1.165, 1.54) is 6.33 Å². The molecule has 5 nitrogen and oxygen atoms in total. The van der Waals surface area contributed by atoms with E-state index in [1.54, 1.807) is 24.5 Å². The van der Waals surface area contributed by atoms with Crippen LogP contribution in [0.5, 0.6) is 0 Å². The molecule has 0 amide bonds. The highest BCUT2D eigenvalue weighted by atomic mass is 16.5. The third-order valence-electron chi connectivity index (χ3n) is 2.67. The molecule has 0 aliphatic heterocycles. The molecule has 0 unspecified atom stereocenters. The SMILES string of the molecule is CCCOC(=O)c1ccc(NCc2cncnc2)cc1. The van der Waals surface area contributed by atoms with Crippen LogP contribution >= 0.6 is 0 Å². The highest BCUT2D eigenvalue weighted by Gasteiger charge is 2.05. The number of nitrogens with zero attached hydrogens (tertiary/aromatic N) is 2. The number of ether oxygens (including phenoxy) is 1. The van der Waals surface area contributed by atoms with Gasteiger partial charge in [0, 0.05) is 30.2 Å². The summed E-state index contributed by atoms with van der Waals surface area (Å²) in [7, 11) is 0. The van der Waals surface area contributed by atoms with Gasteiger partial charge in [0.1, 0.15) is 6.33 Å². The average molecular weight is 271 g/mol. The lowest BCUT2D eigenvalue weighted by Crippen LogP contribution is -2.06. The monoisotopic (exact) mass is 271 g/mol.